The van der Waals surface area contributed by atoms with Crippen LogP contribution < -0.4 is 10.9 Å². The Kier molecular flexibility index (Phi) is 5.11. The number of thioether (sulfide) groups is 1. The number of benzene rings is 2. The van der Waals surface area contributed by atoms with Gasteiger partial charge in [-0.2, -0.15) is 5.10 Å². The molecule has 0 saturated heterocycles. The van der Waals surface area contributed by atoms with E-state index < -0.39 is 5.25 Å². The number of amides is 1. The molecule has 0 saturated carbocycles. The third-order valence-corrected chi connectivity index (χ3v) is 6.45. The number of fused-ring (bicyclic) bond motifs is 2. The summed E-state index contributed by atoms with van der Waals surface area (Å²) in [5, 5.41) is 9.94. The second-order valence-corrected chi connectivity index (χ2v) is 8.70. The number of carbonyl (C=O) groups excluding carboxylic acids is 1. The van der Waals surface area contributed by atoms with Gasteiger partial charge >= 0.3 is 0 Å². The zero-order valence-electron chi connectivity index (χ0n) is 17.6. The molecular weight excluding hydrogens is 398 g/mol. The number of carbonyl (C=O) groups is 1. The summed E-state index contributed by atoms with van der Waals surface area (Å²) in [6.45, 7) is 5.57. The molecule has 2 aromatic heterocycles. The number of anilines is 1. The number of nitrogens with one attached hydrogen (secondary N) is 1. The monoisotopic (exact) mass is 421 g/mol. The van der Waals surface area contributed by atoms with Gasteiger partial charge in [0.05, 0.1) is 33.2 Å². The molecule has 0 aliphatic rings. The maximum absolute atomic E-state index is 12.9. The van der Waals surface area contributed by atoms with Gasteiger partial charge in [0.2, 0.25) is 5.91 Å². The van der Waals surface area contributed by atoms with Crippen LogP contribution in [0.4, 0.5) is 5.69 Å². The molecule has 4 aromatic rings. The predicted octanol–water partition coefficient (Wildman–Crippen LogP) is 3.56. The van der Waals surface area contributed by atoms with E-state index in [4.69, 9.17) is 0 Å². The molecule has 0 aliphatic heterocycles. The first-order chi connectivity index (χ1) is 14.3. The van der Waals surface area contributed by atoms with Gasteiger partial charge in [-0.25, -0.2) is 4.98 Å². The first-order valence-corrected chi connectivity index (χ1v) is 10.5. The number of hydrogen-bond acceptors (Lipinski definition) is 5. The van der Waals surface area contributed by atoms with Crippen molar-refractivity contribution >= 4 is 45.0 Å². The van der Waals surface area contributed by atoms with E-state index in [1.165, 1.54) is 16.3 Å². The Hall–Kier alpha value is -3.13. The lowest BCUT2D eigenvalue weighted by molar-refractivity contribution is -0.115. The third kappa shape index (κ3) is 3.47. The smallest absolute Gasteiger partial charge is 0.261 e. The minimum atomic E-state index is -0.444. The molecule has 4 rings (SSSR count). The van der Waals surface area contributed by atoms with Gasteiger partial charge in [-0.05, 0) is 43.7 Å². The molecule has 0 bridgehead atoms. The molecule has 1 N–H and O–H groups in total. The summed E-state index contributed by atoms with van der Waals surface area (Å²) in [6, 6.07) is 11.7. The van der Waals surface area contributed by atoms with Crippen molar-refractivity contribution in [1.82, 2.24) is 19.3 Å². The molecule has 154 valence electrons. The molecule has 1 amide bonds. The van der Waals surface area contributed by atoms with E-state index in [1.54, 1.807) is 18.7 Å². The van der Waals surface area contributed by atoms with Gasteiger partial charge in [0.1, 0.15) is 0 Å². The maximum atomic E-state index is 12.9. The highest BCUT2D eigenvalue weighted by Gasteiger charge is 2.21. The lowest BCUT2D eigenvalue weighted by Gasteiger charge is -2.14. The van der Waals surface area contributed by atoms with Crippen LogP contribution in [-0.4, -0.2) is 30.5 Å². The fourth-order valence-electron chi connectivity index (χ4n) is 3.43. The topological polar surface area (TPSA) is 81.8 Å². The van der Waals surface area contributed by atoms with E-state index in [0.29, 0.717) is 16.1 Å². The fourth-order valence-corrected chi connectivity index (χ4v) is 4.31. The highest BCUT2D eigenvalue weighted by molar-refractivity contribution is 8.00. The van der Waals surface area contributed by atoms with Gasteiger partial charge in [0.15, 0.2) is 5.16 Å². The Labute approximate surface area is 178 Å². The van der Waals surface area contributed by atoms with Crippen molar-refractivity contribution in [2.24, 2.45) is 14.1 Å². The third-order valence-electron chi connectivity index (χ3n) is 5.31. The van der Waals surface area contributed by atoms with Crippen molar-refractivity contribution < 1.29 is 4.79 Å². The van der Waals surface area contributed by atoms with Crippen molar-refractivity contribution in [2.45, 2.75) is 31.2 Å². The standard InChI is InChI=1S/C22H23N5O2S/c1-12-19(13(2)27(5)25-12)24-20(28)14(3)30-22-23-18-11-16-9-7-6-8-15(16)10-17(18)21(29)26(22)4/h6-11,14H,1-5H3,(H,24,28)/t14-/m0/s1. The van der Waals surface area contributed by atoms with E-state index in [9.17, 15) is 9.59 Å². The van der Waals surface area contributed by atoms with Crippen LogP contribution in [0.5, 0.6) is 0 Å². The van der Waals surface area contributed by atoms with Crippen LogP contribution in [0.25, 0.3) is 21.7 Å². The second kappa shape index (κ2) is 7.60. The van der Waals surface area contributed by atoms with Crippen molar-refractivity contribution in [2.75, 3.05) is 5.32 Å². The summed E-state index contributed by atoms with van der Waals surface area (Å²) in [5.41, 5.74) is 2.89. The summed E-state index contributed by atoms with van der Waals surface area (Å²) in [5.74, 6) is -0.160. The van der Waals surface area contributed by atoms with Crippen molar-refractivity contribution in [1.29, 1.82) is 0 Å². The molecule has 7 nitrogen and oxygen atoms in total. The quantitative estimate of drug-likeness (QED) is 0.310. The first kappa shape index (κ1) is 20.2. The number of hydrogen-bond donors (Lipinski definition) is 1. The Morgan fingerprint density at radius 2 is 1.80 bits per heavy atom. The minimum absolute atomic E-state index is 0.125. The van der Waals surface area contributed by atoms with Crippen molar-refractivity contribution in [3.8, 4) is 0 Å². The first-order valence-electron chi connectivity index (χ1n) is 9.63. The average molecular weight is 422 g/mol. The maximum Gasteiger partial charge on any atom is 0.261 e. The summed E-state index contributed by atoms with van der Waals surface area (Å²) >= 11 is 1.26. The molecule has 0 spiro atoms. The van der Waals surface area contributed by atoms with Crippen molar-refractivity contribution in [3.63, 3.8) is 0 Å². The van der Waals surface area contributed by atoms with Gasteiger partial charge in [-0.1, -0.05) is 36.0 Å². The largest absolute Gasteiger partial charge is 0.322 e. The van der Waals surface area contributed by atoms with E-state index in [-0.39, 0.29) is 11.5 Å². The van der Waals surface area contributed by atoms with Gasteiger partial charge in [-0.3, -0.25) is 18.8 Å². The van der Waals surface area contributed by atoms with Crippen LogP contribution in [-0.2, 0) is 18.9 Å². The molecule has 0 unspecified atom stereocenters. The molecule has 0 fully saturated rings. The Balaban J connectivity index is 1.65. The van der Waals surface area contributed by atoms with Gasteiger partial charge < -0.3 is 5.32 Å². The SMILES string of the molecule is Cc1nn(C)c(C)c1NC(=O)[C@H](C)Sc1nc2cc3ccccc3cc2c(=O)n1C. The van der Waals surface area contributed by atoms with E-state index in [2.05, 4.69) is 15.4 Å². The van der Waals surface area contributed by atoms with Crippen molar-refractivity contribution in [3.05, 3.63) is 58.1 Å². The van der Waals surface area contributed by atoms with Crippen LogP contribution in [0.2, 0.25) is 0 Å². The summed E-state index contributed by atoms with van der Waals surface area (Å²) in [7, 11) is 3.53. The molecule has 2 heterocycles. The Bertz CT molecular complexity index is 1360. The Morgan fingerprint density at radius 3 is 2.43 bits per heavy atom. The van der Waals surface area contributed by atoms with E-state index in [0.717, 1.165) is 27.8 Å². The van der Waals surface area contributed by atoms with Crippen LogP contribution >= 0.6 is 11.8 Å². The van der Waals surface area contributed by atoms with Crippen LogP contribution in [0, 0.1) is 13.8 Å². The lowest BCUT2D eigenvalue weighted by Crippen LogP contribution is -2.26. The molecule has 0 aliphatic carbocycles. The minimum Gasteiger partial charge on any atom is -0.322 e. The molecular formula is C22H23N5O2S. The summed E-state index contributed by atoms with van der Waals surface area (Å²) in [6.07, 6.45) is 0. The number of aromatic nitrogens is 4. The van der Waals surface area contributed by atoms with Gasteiger partial charge in [0.25, 0.3) is 5.56 Å². The van der Waals surface area contributed by atoms with Gasteiger partial charge in [-0.15, -0.1) is 0 Å². The molecule has 1 atom stereocenters. The molecule has 0 radical (unpaired) electrons. The number of nitrogens with zero attached hydrogens (tertiary/aromatic N) is 4. The lowest BCUT2D eigenvalue weighted by atomic mass is 10.1. The molecule has 8 heteroatoms. The van der Waals surface area contributed by atoms with E-state index >= 15 is 0 Å². The fraction of sp³-hybridized carbons (Fsp3) is 0.273. The molecule has 2 aromatic carbocycles. The Morgan fingerprint density at radius 1 is 1.13 bits per heavy atom. The van der Waals surface area contributed by atoms with Crippen LogP contribution in [0.3, 0.4) is 0 Å². The van der Waals surface area contributed by atoms with Gasteiger partial charge in [0, 0.05) is 14.1 Å². The van der Waals surface area contributed by atoms with E-state index in [1.807, 2.05) is 57.3 Å². The highest BCUT2D eigenvalue weighted by Crippen LogP contribution is 2.26. The predicted molar refractivity (Wildman–Crippen MR) is 121 cm³/mol. The number of aryl methyl sites for hydroxylation is 2. The summed E-state index contributed by atoms with van der Waals surface area (Å²) in [4.78, 5) is 30.4. The highest BCUT2D eigenvalue weighted by atomic mass is 32.2. The summed E-state index contributed by atoms with van der Waals surface area (Å²) < 4.78 is 3.24. The molecule has 30 heavy (non-hydrogen) atoms. The zero-order valence-corrected chi connectivity index (χ0v) is 18.4. The van der Waals surface area contributed by atoms with Crippen LogP contribution in [0.15, 0.2) is 46.3 Å². The second-order valence-electron chi connectivity index (χ2n) is 7.39. The normalized spacial score (nSPS) is 12.4. The zero-order chi connectivity index (χ0) is 21.6. The average Bonchev–Trinajstić information content (AvgIpc) is 2.96. The number of rotatable bonds is 4. The van der Waals surface area contributed by atoms with Crippen LogP contribution in [0.1, 0.15) is 18.3 Å².